The summed E-state index contributed by atoms with van der Waals surface area (Å²) in [7, 11) is 0. The first-order chi connectivity index (χ1) is 9.18. The van der Waals surface area contributed by atoms with Gasteiger partial charge in [-0.1, -0.05) is 29.9 Å². The predicted octanol–water partition coefficient (Wildman–Crippen LogP) is 1.69. The lowest BCUT2D eigenvalue weighted by atomic mass is 10.2. The zero-order valence-electron chi connectivity index (χ0n) is 10.6. The van der Waals surface area contributed by atoms with Crippen LogP contribution in [0, 0.1) is 0 Å². The van der Waals surface area contributed by atoms with Gasteiger partial charge in [-0.15, -0.1) is 0 Å². The summed E-state index contributed by atoms with van der Waals surface area (Å²) < 4.78 is 11.0. The van der Waals surface area contributed by atoms with Gasteiger partial charge in [-0.3, -0.25) is 4.90 Å². The summed E-state index contributed by atoms with van der Waals surface area (Å²) >= 11 is 11.1. The third kappa shape index (κ3) is 4.04. The molecule has 1 aliphatic rings. The lowest BCUT2D eigenvalue weighted by Crippen LogP contribution is -2.38. The lowest BCUT2D eigenvalue weighted by molar-refractivity contribution is 0.0322. The minimum absolute atomic E-state index is 0.256. The molecule has 1 saturated heterocycles. The molecule has 4 nitrogen and oxygen atoms in total. The molecule has 0 aromatic heterocycles. The van der Waals surface area contributed by atoms with Crippen LogP contribution in [0.5, 0.6) is 5.75 Å². The van der Waals surface area contributed by atoms with Crippen molar-refractivity contribution in [3.05, 3.63) is 28.8 Å². The van der Waals surface area contributed by atoms with Gasteiger partial charge < -0.3 is 15.2 Å². The number of ether oxygens (including phenoxy) is 2. The molecule has 0 atom stereocenters. The molecule has 104 valence electrons. The molecule has 1 heterocycles. The normalized spacial score (nSPS) is 16.3. The van der Waals surface area contributed by atoms with Crippen LogP contribution in [0.15, 0.2) is 18.2 Å². The van der Waals surface area contributed by atoms with E-state index in [1.54, 1.807) is 6.07 Å². The van der Waals surface area contributed by atoms with Crippen molar-refractivity contribution in [2.75, 3.05) is 39.5 Å². The van der Waals surface area contributed by atoms with Gasteiger partial charge in [0.1, 0.15) is 17.3 Å². The molecule has 0 aliphatic carbocycles. The summed E-state index contributed by atoms with van der Waals surface area (Å²) in [6, 6.07) is 5.42. The zero-order chi connectivity index (χ0) is 13.7. The molecular formula is C13H17ClN2O2S. The smallest absolute Gasteiger partial charge is 0.131 e. The van der Waals surface area contributed by atoms with E-state index in [1.165, 1.54) is 0 Å². The Morgan fingerprint density at radius 2 is 2.16 bits per heavy atom. The number of nitrogens with zero attached hydrogens (tertiary/aromatic N) is 1. The summed E-state index contributed by atoms with van der Waals surface area (Å²) in [5, 5.41) is 0.524. The van der Waals surface area contributed by atoms with Crippen molar-refractivity contribution in [1.29, 1.82) is 0 Å². The lowest BCUT2D eigenvalue weighted by Gasteiger charge is -2.26. The molecule has 0 spiro atoms. The Morgan fingerprint density at radius 1 is 1.42 bits per heavy atom. The van der Waals surface area contributed by atoms with Crippen LogP contribution >= 0.6 is 23.8 Å². The molecule has 1 aliphatic heterocycles. The standard InChI is InChI=1S/C13H17ClN2O2S/c14-10-2-1-3-11(12(10)13(15)19)18-9-6-16-4-7-17-8-5-16/h1-3H,4-9H2,(H2,15,19). The van der Waals surface area contributed by atoms with Crippen LogP contribution in [0.3, 0.4) is 0 Å². The number of hydrogen-bond donors (Lipinski definition) is 1. The second-order valence-corrected chi connectivity index (χ2v) is 5.13. The molecule has 2 N–H and O–H groups in total. The maximum atomic E-state index is 6.08. The average Bonchev–Trinajstić information content (AvgIpc) is 2.39. The van der Waals surface area contributed by atoms with E-state index in [0.717, 1.165) is 32.8 Å². The number of nitrogens with two attached hydrogens (primary N) is 1. The van der Waals surface area contributed by atoms with Gasteiger partial charge in [0.2, 0.25) is 0 Å². The minimum Gasteiger partial charge on any atom is -0.491 e. The van der Waals surface area contributed by atoms with Gasteiger partial charge in [0.05, 0.1) is 23.8 Å². The van der Waals surface area contributed by atoms with Crippen molar-refractivity contribution < 1.29 is 9.47 Å². The number of rotatable bonds is 5. The van der Waals surface area contributed by atoms with Gasteiger partial charge in [-0.2, -0.15) is 0 Å². The molecule has 1 aromatic rings. The van der Waals surface area contributed by atoms with Crippen molar-refractivity contribution >= 4 is 28.8 Å². The Balaban J connectivity index is 1.92. The summed E-state index contributed by atoms with van der Waals surface area (Å²) in [5.41, 5.74) is 6.28. The fourth-order valence-electron chi connectivity index (χ4n) is 1.97. The Hall–Kier alpha value is -0.880. The Bertz CT molecular complexity index is 450. The van der Waals surface area contributed by atoms with Crippen molar-refractivity contribution in [2.24, 2.45) is 5.73 Å². The van der Waals surface area contributed by atoms with E-state index in [4.69, 9.17) is 39.0 Å². The van der Waals surface area contributed by atoms with Gasteiger partial charge in [0.15, 0.2) is 0 Å². The van der Waals surface area contributed by atoms with E-state index in [0.29, 0.717) is 22.9 Å². The largest absolute Gasteiger partial charge is 0.491 e. The number of hydrogen-bond acceptors (Lipinski definition) is 4. The second-order valence-electron chi connectivity index (χ2n) is 4.28. The highest BCUT2D eigenvalue weighted by atomic mass is 35.5. The van der Waals surface area contributed by atoms with Crippen LogP contribution < -0.4 is 10.5 Å². The molecular weight excluding hydrogens is 284 g/mol. The first kappa shape index (κ1) is 14.5. The number of halogens is 1. The van der Waals surface area contributed by atoms with Crippen LogP contribution in [0.2, 0.25) is 5.02 Å². The van der Waals surface area contributed by atoms with Crippen LogP contribution in [0.1, 0.15) is 5.56 Å². The van der Waals surface area contributed by atoms with Gasteiger partial charge in [0, 0.05) is 19.6 Å². The molecule has 0 radical (unpaired) electrons. The Labute approximate surface area is 123 Å². The fraction of sp³-hybridized carbons (Fsp3) is 0.462. The first-order valence-corrected chi connectivity index (χ1v) is 6.98. The van der Waals surface area contributed by atoms with E-state index in [-0.39, 0.29) is 4.99 Å². The highest BCUT2D eigenvalue weighted by Crippen LogP contribution is 2.26. The Kier molecular flexibility index (Phi) is 5.39. The molecule has 19 heavy (non-hydrogen) atoms. The predicted molar refractivity (Wildman–Crippen MR) is 80.1 cm³/mol. The minimum atomic E-state index is 0.256. The summed E-state index contributed by atoms with van der Waals surface area (Å²) in [4.78, 5) is 2.56. The second kappa shape index (κ2) is 7.05. The van der Waals surface area contributed by atoms with Gasteiger partial charge in [-0.25, -0.2) is 0 Å². The van der Waals surface area contributed by atoms with Gasteiger partial charge >= 0.3 is 0 Å². The van der Waals surface area contributed by atoms with Gasteiger partial charge in [0.25, 0.3) is 0 Å². The molecule has 1 aromatic carbocycles. The first-order valence-electron chi connectivity index (χ1n) is 6.19. The van der Waals surface area contributed by atoms with Crippen LogP contribution in [-0.4, -0.2) is 49.3 Å². The van der Waals surface area contributed by atoms with Crippen LogP contribution in [-0.2, 0) is 4.74 Å². The van der Waals surface area contributed by atoms with Gasteiger partial charge in [-0.05, 0) is 12.1 Å². The van der Waals surface area contributed by atoms with E-state index < -0.39 is 0 Å². The number of morpholine rings is 1. The number of benzene rings is 1. The van der Waals surface area contributed by atoms with Crippen molar-refractivity contribution in [1.82, 2.24) is 4.90 Å². The molecule has 0 saturated carbocycles. The maximum Gasteiger partial charge on any atom is 0.131 e. The Morgan fingerprint density at radius 3 is 2.84 bits per heavy atom. The summed E-state index contributed by atoms with van der Waals surface area (Å²) in [5.74, 6) is 0.647. The van der Waals surface area contributed by atoms with Crippen LogP contribution in [0.25, 0.3) is 0 Å². The molecule has 0 unspecified atom stereocenters. The van der Waals surface area contributed by atoms with E-state index in [1.807, 2.05) is 12.1 Å². The SMILES string of the molecule is NC(=S)c1c(Cl)cccc1OCCN1CCOCC1. The van der Waals surface area contributed by atoms with E-state index >= 15 is 0 Å². The topological polar surface area (TPSA) is 47.7 Å². The molecule has 6 heteroatoms. The maximum absolute atomic E-state index is 6.08. The summed E-state index contributed by atoms with van der Waals surface area (Å²) in [6.45, 7) is 4.90. The highest BCUT2D eigenvalue weighted by Gasteiger charge is 2.13. The molecule has 1 fully saturated rings. The average molecular weight is 301 g/mol. The fourth-order valence-corrected chi connectivity index (χ4v) is 2.51. The third-order valence-corrected chi connectivity index (χ3v) is 3.51. The molecule has 0 bridgehead atoms. The monoisotopic (exact) mass is 300 g/mol. The van der Waals surface area contributed by atoms with Crippen LogP contribution in [0.4, 0.5) is 0 Å². The summed E-state index contributed by atoms with van der Waals surface area (Å²) in [6.07, 6.45) is 0. The molecule has 0 amide bonds. The third-order valence-electron chi connectivity index (χ3n) is 2.99. The zero-order valence-corrected chi connectivity index (χ0v) is 12.2. The van der Waals surface area contributed by atoms with Crippen molar-refractivity contribution in [3.8, 4) is 5.75 Å². The van der Waals surface area contributed by atoms with E-state index in [9.17, 15) is 0 Å². The van der Waals surface area contributed by atoms with E-state index in [2.05, 4.69) is 4.90 Å². The quantitative estimate of drug-likeness (QED) is 0.839. The van der Waals surface area contributed by atoms with Crippen molar-refractivity contribution in [2.45, 2.75) is 0 Å². The molecule has 2 rings (SSSR count). The van der Waals surface area contributed by atoms with Crippen molar-refractivity contribution in [3.63, 3.8) is 0 Å². The highest BCUT2D eigenvalue weighted by molar-refractivity contribution is 7.80. The number of thiocarbonyl (C=S) groups is 1.